The summed E-state index contributed by atoms with van der Waals surface area (Å²) in [6.07, 6.45) is -4.56. The fourth-order valence-electron chi connectivity index (χ4n) is 3.57. The van der Waals surface area contributed by atoms with Crippen molar-refractivity contribution in [1.82, 2.24) is 0 Å². The number of anilines is 4. The molecule has 0 saturated heterocycles. The van der Waals surface area contributed by atoms with Crippen molar-refractivity contribution in [3.05, 3.63) is 111 Å². The normalized spacial score (nSPS) is 11.0. The molecule has 0 saturated carbocycles. The van der Waals surface area contributed by atoms with Crippen LogP contribution in [0.15, 0.2) is 89.4 Å². The predicted octanol–water partition coefficient (Wildman–Crippen LogP) is 7.08. The summed E-state index contributed by atoms with van der Waals surface area (Å²) in [5.41, 5.74) is -0.616. The van der Waals surface area contributed by atoms with Crippen LogP contribution in [0.2, 0.25) is 0 Å². The van der Waals surface area contributed by atoms with Crippen molar-refractivity contribution >= 4 is 66.8 Å². The Morgan fingerprint density at radius 3 is 1.81 bits per heavy atom. The Morgan fingerprint density at radius 1 is 0.792 bits per heavy atom. The van der Waals surface area contributed by atoms with Gasteiger partial charge in [-0.25, -0.2) is 13.8 Å². The molecular weight excluding hydrogens is 735 g/mol. The molecule has 0 atom stereocenters. The smallest absolute Gasteiger partial charge is 0.416 e. The quantitative estimate of drug-likeness (QED) is 0.0418. The van der Waals surface area contributed by atoms with Gasteiger partial charge in [-0.3, -0.25) is 14.7 Å². The average Bonchev–Trinajstić information content (AvgIpc) is 2.99. The number of phenolic OH excluding ortho intramolecular Hbond substituents is 2. The molecule has 20 heteroatoms. The van der Waals surface area contributed by atoms with E-state index in [0.29, 0.717) is 16.2 Å². The van der Waals surface area contributed by atoms with E-state index in [2.05, 4.69) is 41.4 Å². The van der Waals surface area contributed by atoms with Crippen LogP contribution >= 0.6 is 15.9 Å². The highest BCUT2D eigenvalue weighted by molar-refractivity contribution is 9.10. The molecule has 0 radical (unpaired) electrons. The number of carbonyl (C=O) groups excluding carboxylic acids is 2. The van der Waals surface area contributed by atoms with Gasteiger partial charge in [0.05, 0.1) is 40.2 Å². The number of amides is 4. The summed E-state index contributed by atoms with van der Waals surface area (Å²) in [6.45, 7) is -0.516. The number of hydrogen-bond donors (Lipinski definition) is 7. The van der Waals surface area contributed by atoms with E-state index in [4.69, 9.17) is 4.55 Å². The molecule has 0 heterocycles. The Kier molecular flexibility index (Phi) is 12.3. The van der Waals surface area contributed by atoms with Crippen molar-refractivity contribution in [2.45, 2.75) is 12.8 Å². The van der Waals surface area contributed by atoms with Crippen molar-refractivity contribution in [2.75, 3.05) is 21.3 Å². The number of carbonyl (C=O) groups is 2. The van der Waals surface area contributed by atoms with Crippen molar-refractivity contribution < 1.29 is 55.1 Å². The van der Waals surface area contributed by atoms with E-state index in [1.165, 1.54) is 12.1 Å². The third-order valence-corrected chi connectivity index (χ3v) is 6.87. The minimum atomic E-state index is -4.65. The summed E-state index contributed by atoms with van der Waals surface area (Å²) in [5, 5.41) is 39.4. The van der Waals surface area contributed by atoms with E-state index in [1.807, 2.05) is 0 Å². The number of hydrogen-bond acceptors (Lipinski definition) is 9. The first-order valence-electron chi connectivity index (χ1n) is 12.9. The van der Waals surface area contributed by atoms with Gasteiger partial charge in [-0.1, -0.05) is 30.3 Å². The molecule has 0 spiro atoms. The lowest BCUT2D eigenvalue weighted by molar-refractivity contribution is -0.384. The van der Waals surface area contributed by atoms with Gasteiger partial charge in [-0.05, 0) is 58.4 Å². The van der Waals surface area contributed by atoms with E-state index < -0.39 is 57.2 Å². The number of non-ortho nitro benzene ring substituents is 1. The van der Waals surface area contributed by atoms with Crippen molar-refractivity contribution in [3.8, 4) is 11.5 Å². The molecule has 4 rings (SSSR count). The van der Waals surface area contributed by atoms with Crippen LogP contribution < -0.4 is 21.3 Å². The van der Waals surface area contributed by atoms with Gasteiger partial charge in [-0.15, -0.1) is 0 Å². The van der Waals surface area contributed by atoms with Gasteiger partial charge >= 0.3 is 28.6 Å². The largest absolute Gasteiger partial charge is 0.506 e. The lowest BCUT2D eigenvalue weighted by Gasteiger charge is -2.12. The number of nitro groups is 1. The maximum atomic E-state index is 12.5. The number of phenols is 2. The minimum Gasteiger partial charge on any atom is -0.506 e. The van der Waals surface area contributed by atoms with Crippen LogP contribution in [0, 0.1) is 10.1 Å². The van der Waals surface area contributed by atoms with Crippen LogP contribution in [0.25, 0.3) is 0 Å². The topological polar surface area (TPSA) is 229 Å². The fourth-order valence-corrected chi connectivity index (χ4v) is 4.23. The van der Waals surface area contributed by atoms with E-state index in [-0.39, 0.29) is 28.3 Å². The van der Waals surface area contributed by atoms with Crippen molar-refractivity contribution in [3.63, 3.8) is 0 Å². The molecule has 15 nitrogen and oxygen atoms in total. The molecule has 0 aromatic heterocycles. The summed E-state index contributed by atoms with van der Waals surface area (Å²) >= 11 is 3.24. The molecule has 0 aliphatic rings. The number of nitro benzene ring substituents is 1. The van der Waals surface area contributed by atoms with Crippen LogP contribution in [0.1, 0.15) is 11.1 Å². The zero-order chi connectivity index (χ0) is 35.6. The molecule has 0 fully saturated rings. The highest BCUT2D eigenvalue weighted by Gasteiger charge is 2.31. The number of alkyl halides is 3. The number of urea groups is 2. The number of benzene rings is 4. The van der Waals surface area contributed by atoms with Crippen molar-refractivity contribution in [2.24, 2.45) is 0 Å². The Hall–Kier alpha value is -5.44. The second-order valence-corrected chi connectivity index (χ2v) is 11.1. The Balaban J connectivity index is 0.000000264. The molecule has 0 aliphatic carbocycles. The monoisotopic (exact) mass is 757 g/mol. The minimum absolute atomic E-state index is 0.0697. The molecule has 48 heavy (non-hydrogen) atoms. The Labute approximate surface area is 277 Å². The van der Waals surface area contributed by atoms with Gasteiger partial charge in [0, 0.05) is 21.8 Å². The second-order valence-electron chi connectivity index (χ2n) is 9.17. The van der Waals surface area contributed by atoms with E-state index in [9.17, 15) is 51.5 Å². The molecule has 0 unspecified atom stereocenters. The van der Waals surface area contributed by atoms with Crippen LogP contribution in [0.5, 0.6) is 11.5 Å². The van der Waals surface area contributed by atoms with Gasteiger partial charge < -0.3 is 31.5 Å². The Morgan fingerprint density at radius 2 is 1.29 bits per heavy atom. The number of nitrogens with one attached hydrogen (secondary N) is 4. The summed E-state index contributed by atoms with van der Waals surface area (Å²) in [4.78, 5) is 33.7. The first kappa shape index (κ1) is 37.0. The van der Waals surface area contributed by atoms with Crippen LogP contribution in [0.4, 0.5) is 51.2 Å². The third kappa shape index (κ3) is 11.4. The van der Waals surface area contributed by atoms with E-state index in [0.717, 1.165) is 30.3 Å². The SMILES string of the molecule is O=C(Nc1ccc(C(F)(F)F)cc1O)Nc1ccccc1Br.O=C(Nc1ccc([N+](=O)[O-])cc1O)Nc1ccccc1COS(=O)(=O)O. The standard InChI is InChI=1S/C14H10BrF3N2O2.C14H13N3O8S/c15-9-3-1-2-4-10(9)19-13(22)20-11-6-5-8(7-12(11)21)14(16,17)18;18-13-7-10(17(20)21)5-6-12(13)16-14(19)15-11-4-2-1-3-9(11)8-25-26(22,23)24/h1-7,21H,(H2,19,20,22);1-7,18H,8H2,(H2,15,16,19)(H,22,23,24). The summed E-state index contributed by atoms with van der Waals surface area (Å²) in [6, 6.07) is 16.8. The number of nitrogens with zero attached hydrogens (tertiary/aromatic N) is 1. The summed E-state index contributed by atoms with van der Waals surface area (Å²) < 4.78 is 72.3. The second kappa shape index (κ2) is 15.9. The fraction of sp³-hybridized carbons (Fsp3) is 0.0714. The van der Waals surface area contributed by atoms with Crippen LogP contribution in [-0.2, 0) is 27.4 Å². The maximum Gasteiger partial charge on any atom is 0.416 e. The molecule has 4 aromatic carbocycles. The lowest BCUT2D eigenvalue weighted by Crippen LogP contribution is -2.20. The van der Waals surface area contributed by atoms with Crippen LogP contribution in [-0.4, -0.2) is 40.2 Å². The van der Waals surface area contributed by atoms with E-state index >= 15 is 0 Å². The molecule has 0 bridgehead atoms. The number of rotatable bonds is 8. The van der Waals surface area contributed by atoms with Gasteiger partial charge in [0.25, 0.3) is 5.69 Å². The molecule has 4 aromatic rings. The highest BCUT2D eigenvalue weighted by Crippen LogP contribution is 2.35. The average molecular weight is 758 g/mol. The number of para-hydroxylation sites is 2. The van der Waals surface area contributed by atoms with Gasteiger partial charge in [0.1, 0.15) is 11.5 Å². The molecule has 7 N–H and O–H groups in total. The first-order valence-corrected chi connectivity index (χ1v) is 15.1. The summed E-state index contributed by atoms with van der Waals surface area (Å²) in [5.74, 6) is -1.17. The Bertz CT molecular complexity index is 1930. The molecule has 0 aliphatic heterocycles. The van der Waals surface area contributed by atoms with Gasteiger partial charge in [0.15, 0.2) is 0 Å². The zero-order valence-corrected chi connectivity index (χ0v) is 26.3. The predicted molar refractivity (Wildman–Crippen MR) is 170 cm³/mol. The molecule has 4 amide bonds. The molecule has 254 valence electrons. The maximum absolute atomic E-state index is 12.5. The van der Waals surface area contributed by atoms with Gasteiger partial charge in [0.2, 0.25) is 0 Å². The van der Waals surface area contributed by atoms with Crippen LogP contribution in [0.3, 0.4) is 0 Å². The lowest BCUT2D eigenvalue weighted by atomic mass is 10.2. The summed E-state index contributed by atoms with van der Waals surface area (Å²) in [7, 11) is -4.65. The van der Waals surface area contributed by atoms with E-state index in [1.54, 1.807) is 36.4 Å². The third-order valence-electron chi connectivity index (χ3n) is 5.76. The van der Waals surface area contributed by atoms with Gasteiger partial charge in [-0.2, -0.15) is 21.6 Å². The van der Waals surface area contributed by atoms with Crippen molar-refractivity contribution in [1.29, 1.82) is 0 Å². The molecular formula is C28H23BrF3N5O10S. The zero-order valence-electron chi connectivity index (χ0n) is 23.9. The number of aromatic hydroxyl groups is 2. The first-order chi connectivity index (χ1) is 22.4. The number of halogens is 4. The highest BCUT2D eigenvalue weighted by atomic mass is 79.9.